The van der Waals surface area contributed by atoms with E-state index in [1.165, 1.54) is 24.2 Å². The van der Waals surface area contributed by atoms with Crippen molar-refractivity contribution in [2.45, 2.75) is 32.0 Å². The molecule has 0 saturated carbocycles. The van der Waals surface area contributed by atoms with E-state index >= 15 is 0 Å². The number of rotatable bonds is 14. The van der Waals surface area contributed by atoms with E-state index < -0.39 is 23.7 Å². The van der Waals surface area contributed by atoms with Gasteiger partial charge in [0.25, 0.3) is 0 Å². The van der Waals surface area contributed by atoms with Crippen LogP contribution in [-0.2, 0) is 38.3 Å². The topological polar surface area (TPSA) is 162 Å². The van der Waals surface area contributed by atoms with Gasteiger partial charge in [-0.3, -0.25) is 28.8 Å². The largest absolute Gasteiger partial charge is 0.469 e. The van der Waals surface area contributed by atoms with Crippen molar-refractivity contribution in [2.75, 3.05) is 59.5 Å². The normalized spacial score (nSPS) is 23.1. The Morgan fingerprint density at radius 2 is 1.26 bits per heavy atom. The summed E-state index contributed by atoms with van der Waals surface area (Å²) in [6.07, 6.45) is 2.28. The Balaban J connectivity index is 1.32. The first-order valence-corrected chi connectivity index (χ1v) is 13.0. The Morgan fingerprint density at radius 3 is 1.74 bits per heavy atom. The van der Waals surface area contributed by atoms with Crippen LogP contribution in [0.4, 0.5) is 0 Å². The quantitative estimate of drug-likeness (QED) is 0.109. The molecule has 3 aliphatic heterocycles. The van der Waals surface area contributed by atoms with Crippen LogP contribution in [0, 0.1) is 17.8 Å². The van der Waals surface area contributed by atoms with E-state index in [2.05, 4.69) is 15.4 Å². The summed E-state index contributed by atoms with van der Waals surface area (Å²) in [6.45, 7) is 2.30. The summed E-state index contributed by atoms with van der Waals surface area (Å²) in [5.74, 6) is -2.84. The zero-order valence-corrected chi connectivity index (χ0v) is 21.7. The number of carbonyl (C=O) groups is 7. The Morgan fingerprint density at radius 1 is 0.816 bits per heavy atom. The van der Waals surface area contributed by atoms with Crippen molar-refractivity contribution in [2.24, 2.45) is 17.8 Å². The van der Waals surface area contributed by atoms with Gasteiger partial charge in [-0.05, 0) is 6.42 Å². The highest BCUT2D eigenvalue weighted by Crippen LogP contribution is 2.20. The van der Waals surface area contributed by atoms with E-state index in [1.807, 2.05) is 0 Å². The number of hydrogen-bond acceptors (Lipinski definition) is 8. The van der Waals surface area contributed by atoms with Crippen LogP contribution < -0.4 is 10.6 Å². The third-order valence-electron chi connectivity index (χ3n) is 7.18. The number of amides is 5. The van der Waals surface area contributed by atoms with Gasteiger partial charge in [0.15, 0.2) is 7.28 Å². The Kier molecular flexibility index (Phi) is 10.7. The van der Waals surface area contributed by atoms with Crippen LogP contribution in [0.5, 0.6) is 0 Å². The van der Waals surface area contributed by atoms with Crippen LogP contribution in [0.3, 0.4) is 0 Å². The van der Waals surface area contributed by atoms with Crippen molar-refractivity contribution >= 4 is 49.0 Å². The number of methoxy groups -OCH3 is 1. The number of nitrogens with one attached hydrogen (secondary N) is 2. The molecule has 3 saturated heterocycles. The maximum absolute atomic E-state index is 12.5. The van der Waals surface area contributed by atoms with Crippen molar-refractivity contribution in [3.63, 3.8) is 0 Å². The van der Waals surface area contributed by atoms with Crippen LogP contribution in [0.25, 0.3) is 0 Å². The molecule has 3 fully saturated rings. The molecule has 207 valence electrons. The first-order chi connectivity index (χ1) is 18.2. The number of nitrogens with zero attached hydrogens (tertiary/aromatic N) is 3. The van der Waals surface area contributed by atoms with Gasteiger partial charge in [0.1, 0.15) is 0 Å². The predicted octanol–water partition coefficient (Wildman–Crippen LogP) is -2.36. The minimum atomic E-state index is -0.521. The summed E-state index contributed by atoms with van der Waals surface area (Å²) in [7, 11) is 2.78. The van der Waals surface area contributed by atoms with Crippen LogP contribution in [0.1, 0.15) is 25.7 Å². The Bertz CT molecular complexity index is 947. The average molecular weight is 532 g/mol. The van der Waals surface area contributed by atoms with Crippen molar-refractivity contribution in [1.82, 2.24) is 25.3 Å². The monoisotopic (exact) mass is 532 g/mol. The molecular weight excluding hydrogens is 497 g/mol. The molecule has 3 heterocycles. The van der Waals surface area contributed by atoms with E-state index in [0.29, 0.717) is 25.8 Å². The zero-order chi connectivity index (χ0) is 27.7. The van der Waals surface area contributed by atoms with E-state index in [9.17, 15) is 33.6 Å². The van der Waals surface area contributed by atoms with Crippen molar-refractivity contribution in [1.29, 1.82) is 0 Å². The third kappa shape index (κ3) is 7.78. The third-order valence-corrected chi connectivity index (χ3v) is 7.18. The predicted molar refractivity (Wildman–Crippen MR) is 134 cm³/mol. The Hall–Kier alpha value is -3.45. The summed E-state index contributed by atoms with van der Waals surface area (Å²) < 4.78 is 4.68. The van der Waals surface area contributed by atoms with Gasteiger partial charge in [-0.15, -0.1) is 0 Å². The molecule has 0 spiro atoms. The smallest absolute Gasteiger partial charge is 0.310 e. The number of hydrogen-bond donors (Lipinski definition) is 2. The average Bonchev–Trinajstić information content (AvgIpc) is 3.58. The van der Waals surface area contributed by atoms with Gasteiger partial charge in [-0.1, -0.05) is 6.32 Å². The molecule has 3 rings (SSSR count). The van der Waals surface area contributed by atoms with Crippen LogP contribution in [0.15, 0.2) is 0 Å². The molecule has 3 unspecified atom stereocenters. The van der Waals surface area contributed by atoms with Crippen LogP contribution >= 0.6 is 0 Å². The lowest BCUT2D eigenvalue weighted by Gasteiger charge is -2.19. The molecule has 0 bridgehead atoms. The number of ether oxygens (including phenoxy) is 1. The van der Waals surface area contributed by atoms with Crippen LogP contribution in [-0.4, -0.2) is 123 Å². The number of likely N-dealkylation sites (tertiary alicyclic amines) is 3. The van der Waals surface area contributed by atoms with E-state index in [1.54, 1.807) is 4.90 Å². The molecule has 0 aromatic rings. The first kappa shape index (κ1) is 29.1. The molecule has 0 aromatic heterocycles. The highest BCUT2D eigenvalue weighted by molar-refractivity contribution is 6.66. The minimum absolute atomic E-state index is 0.0699. The summed E-state index contributed by atoms with van der Waals surface area (Å²) in [4.78, 5) is 88.3. The lowest BCUT2D eigenvalue weighted by Crippen LogP contribution is -2.40. The fourth-order valence-corrected chi connectivity index (χ4v) is 5.03. The van der Waals surface area contributed by atoms with Crippen molar-refractivity contribution in [3.05, 3.63) is 0 Å². The lowest BCUT2D eigenvalue weighted by molar-refractivity contribution is -0.145. The van der Waals surface area contributed by atoms with Gasteiger partial charge in [0, 0.05) is 71.6 Å². The molecule has 3 atom stereocenters. The molecule has 3 aliphatic rings. The summed E-state index contributed by atoms with van der Waals surface area (Å²) in [5.41, 5.74) is 0. The summed E-state index contributed by atoms with van der Waals surface area (Å²) in [6, 6.07) is 0. The van der Waals surface area contributed by atoms with Gasteiger partial charge in [0.2, 0.25) is 29.5 Å². The molecule has 13 nitrogen and oxygen atoms in total. The fourth-order valence-electron chi connectivity index (χ4n) is 5.03. The maximum Gasteiger partial charge on any atom is 0.310 e. The number of esters is 1. The molecule has 38 heavy (non-hydrogen) atoms. The first-order valence-electron chi connectivity index (χ1n) is 13.0. The van der Waals surface area contributed by atoms with Gasteiger partial charge < -0.3 is 34.9 Å². The summed E-state index contributed by atoms with van der Waals surface area (Å²) in [5, 5.41) is 5.54. The Labute approximate surface area is 222 Å². The second-order valence-corrected chi connectivity index (χ2v) is 9.84. The number of carbonyl (C=O) groups excluding carboxylic acids is 7. The SMILES string of the molecule is COC(=O)C1CC(=O)N(CCNC(=O)C2CC(=O)N(CCNC(=O)C3CC(=O)N(CCC[B]C=O)C3)C2)C1. The molecule has 5 amide bonds. The minimum Gasteiger partial charge on any atom is -0.469 e. The lowest BCUT2D eigenvalue weighted by atomic mass is 9.76. The van der Waals surface area contributed by atoms with Gasteiger partial charge in [-0.25, -0.2) is 0 Å². The molecule has 0 aromatic carbocycles. The van der Waals surface area contributed by atoms with Crippen molar-refractivity contribution < 1.29 is 38.3 Å². The van der Waals surface area contributed by atoms with Gasteiger partial charge >= 0.3 is 5.97 Å². The summed E-state index contributed by atoms with van der Waals surface area (Å²) >= 11 is 0. The standard InChI is InChI=1S/C24H35BN5O8/c1-38-24(37)18-11-21(34)30(14-18)8-5-27-23(36)17-10-20(33)29(13-17)7-4-26-22(35)16-9-19(32)28(12-16)6-2-3-25-15-31/h15-18H,2-14H2,1H3,(H,26,35)(H,27,36). The van der Waals surface area contributed by atoms with E-state index in [4.69, 9.17) is 0 Å². The second-order valence-electron chi connectivity index (χ2n) is 9.84. The van der Waals surface area contributed by atoms with Gasteiger partial charge in [-0.2, -0.15) is 0 Å². The molecule has 2 N–H and O–H groups in total. The second kappa shape index (κ2) is 13.9. The zero-order valence-electron chi connectivity index (χ0n) is 21.7. The van der Waals surface area contributed by atoms with Crippen molar-refractivity contribution in [3.8, 4) is 0 Å². The van der Waals surface area contributed by atoms with E-state index in [0.717, 1.165) is 6.19 Å². The molecule has 14 heteroatoms. The highest BCUT2D eigenvalue weighted by Gasteiger charge is 2.37. The van der Waals surface area contributed by atoms with Crippen LogP contribution in [0.2, 0.25) is 6.32 Å². The molecule has 1 radical (unpaired) electrons. The maximum atomic E-state index is 12.5. The van der Waals surface area contributed by atoms with E-state index in [-0.39, 0.29) is 88.1 Å². The molecule has 0 aliphatic carbocycles. The highest BCUT2D eigenvalue weighted by atomic mass is 16.5. The molecular formula is C24H35BN5O8. The fraction of sp³-hybridized carbons (Fsp3) is 0.708. The van der Waals surface area contributed by atoms with Gasteiger partial charge in [0.05, 0.1) is 31.0 Å².